The lowest BCUT2D eigenvalue weighted by Gasteiger charge is -2.22. The first-order valence-electron chi connectivity index (χ1n) is 18.3. The third-order valence-corrected chi connectivity index (χ3v) is 8.33. The summed E-state index contributed by atoms with van der Waals surface area (Å²) in [7, 11) is -1.77. The molecular formula is C36H77Cl6O3P. The molecule has 3 nitrogen and oxygen atoms in total. The lowest BCUT2D eigenvalue weighted by atomic mass is 9.91. The quantitative estimate of drug-likeness (QED) is 0.0806. The molecule has 286 valence electrons. The van der Waals surface area contributed by atoms with Crippen molar-refractivity contribution in [1.29, 1.82) is 0 Å². The average Bonchev–Trinajstić information content (AvgIpc) is 2.96. The molecule has 3 unspecified atom stereocenters. The van der Waals surface area contributed by atoms with Crippen LogP contribution >= 0.6 is 78.2 Å². The molecule has 0 aliphatic carbocycles. The highest BCUT2D eigenvalue weighted by Crippen LogP contribution is 2.45. The summed E-state index contributed by atoms with van der Waals surface area (Å²) in [6.07, 6.45) is 15.4. The van der Waals surface area contributed by atoms with Gasteiger partial charge >= 0.3 is 8.60 Å². The van der Waals surface area contributed by atoms with Crippen LogP contribution in [0.15, 0.2) is 0 Å². The number of alkyl halides is 6. The van der Waals surface area contributed by atoms with Crippen molar-refractivity contribution in [2.75, 3.05) is 19.8 Å². The average molecular weight is 802 g/mol. The van der Waals surface area contributed by atoms with E-state index in [9.17, 15) is 0 Å². The molecule has 0 radical (unpaired) electrons. The molecule has 0 fully saturated rings. The molecule has 0 heterocycles. The van der Waals surface area contributed by atoms with E-state index < -0.39 is 16.2 Å². The Balaban J connectivity index is -0.000000402. The minimum absolute atomic E-state index is 0.173. The molecule has 0 aliphatic heterocycles. The van der Waals surface area contributed by atoms with Gasteiger partial charge in [-0.15, -0.1) is 0 Å². The van der Waals surface area contributed by atoms with Gasteiger partial charge in [-0.1, -0.05) is 237 Å². The van der Waals surface area contributed by atoms with E-state index in [4.69, 9.17) is 83.2 Å². The molecule has 0 aromatic rings. The van der Waals surface area contributed by atoms with Crippen LogP contribution in [0.4, 0.5) is 0 Å². The van der Waals surface area contributed by atoms with Crippen LogP contribution < -0.4 is 0 Å². The minimum atomic E-state index is -1.77. The normalized spacial score (nSPS) is 13.4. The molecule has 3 atom stereocenters. The predicted octanol–water partition coefficient (Wildman–Crippen LogP) is 17.0. The molecule has 0 rings (SSSR count). The molecule has 0 aliphatic rings. The van der Waals surface area contributed by atoms with E-state index in [0.29, 0.717) is 12.5 Å². The van der Waals surface area contributed by atoms with Crippen LogP contribution in [0.25, 0.3) is 0 Å². The third kappa shape index (κ3) is 55.5. The maximum atomic E-state index is 5.74. The van der Waals surface area contributed by atoms with Crippen LogP contribution in [-0.4, -0.2) is 27.4 Å². The van der Waals surface area contributed by atoms with Crippen molar-refractivity contribution < 1.29 is 13.6 Å². The van der Waals surface area contributed by atoms with Crippen LogP contribution in [0.5, 0.6) is 0 Å². The molecule has 0 saturated heterocycles. The van der Waals surface area contributed by atoms with Crippen molar-refractivity contribution in [2.45, 2.75) is 182 Å². The second kappa shape index (κ2) is 39.8. The van der Waals surface area contributed by atoms with Crippen molar-refractivity contribution >= 4 is 78.2 Å². The molecule has 0 aromatic carbocycles. The second-order valence-electron chi connectivity index (χ2n) is 12.3. The highest BCUT2D eigenvalue weighted by Gasteiger charge is 2.28. The van der Waals surface area contributed by atoms with E-state index in [1.807, 2.05) is 41.5 Å². The number of rotatable bonds is 22. The van der Waals surface area contributed by atoms with Crippen LogP contribution in [0.1, 0.15) is 174 Å². The summed E-state index contributed by atoms with van der Waals surface area (Å²) in [5, 5.41) is 0. The van der Waals surface area contributed by atoms with Crippen molar-refractivity contribution in [3.63, 3.8) is 0 Å². The topological polar surface area (TPSA) is 27.7 Å². The molecular weight excluding hydrogens is 724 g/mol. The predicted molar refractivity (Wildman–Crippen MR) is 218 cm³/mol. The van der Waals surface area contributed by atoms with Crippen molar-refractivity contribution in [3.05, 3.63) is 0 Å². The Bertz CT molecular complexity index is 543. The maximum absolute atomic E-state index is 5.74. The SMILES string of the molecule is CC.CC.CC.CC(C)CCCC(C)CCCC(C)CCCC(C)CCOP(OCC(Cl)(Cl)Cl)OCC(Cl)(Cl)Cl.CCCC(C)C. The fourth-order valence-corrected chi connectivity index (χ4v) is 6.07. The first-order valence-corrected chi connectivity index (χ1v) is 21.6. The zero-order valence-corrected chi connectivity index (χ0v) is 37.9. The summed E-state index contributed by atoms with van der Waals surface area (Å²) in [5.74, 6) is 3.89. The first-order chi connectivity index (χ1) is 21.4. The molecule has 0 bridgehead atoms. The lowest BCUT2D eigenvalue weighted by Crippen LogP contribution is -2.15. The smallest absolute Gasteiger partial charge is 0.312 e. The molecule has 46 heavy (non-hydrogen) atoms. The van der Waals surface area contributed by atoms with Crippen LogP contribution in [-0.2, 0) is 13.6 Å². The lowest BCUT2D eigenvalue weighted by molar-refractivity contribution is 0.156. The van der Waals surface area contributed by atoms with Crippen molar-refractivity contribution in [3.8, 4) is 0 Å². The fraction of sp³-hybridized carbons (Fsp3) is 1.00. The first kappa shape index (κ1) is 57.4. The van der Waals surface area contributed by atoms with E-state index in [0.717, 1.165) is 30.1 Å². The van der Waals surface area contributed by atoms with Gasteiger partial charge in [0.25, 0.3) is 0 Å². The summed E-state index contributed by atoms with van der Waals surface area (Å²) < 4.78 is 13.4. The molecule has 0 spiro atoms. The standard InChI is InChI=1S/C24H45Cl6O3P.C6H14.3C2H6/c1-19(2)9-6-10-20(3)11-7-12-21(4)13-8-14-22(5)15-16-31-34(32-17-23(25,26)27)33-18-24(28,29)30;1-4-5-6(2)3;3*1-2/h19-22H,6-18H2,1-5H3;6H,4-5H2,1-3H3;3*1-2H3. The summed E-state index contributed by atoms with van der Waals surface area (Å²) in [6, 6.07) is 0. The monoisotopic (exact) mass is 798 g/mol. The molecule has 10 heteroatoms. The van der Waals surface area contributed by atoms with Gasteiger partial charge in [0.05, 0.1) is 6.61 Å². The number of hydrogen-bond donors (Lipinski definition) is 0. The van der Waals surface area contributed by atoms with E-state index in [-0.39, 0.29) is 13.2 Å². The Morgan fingerprint density at radius 2 is 0.761 bits per heavy atom. The van der Waals surface area contributed by atoms with Gasteiger partial charge in [0, 0.05) is 0 Å². The van der Waals surface area contributed by atoms with Gasteiger partial charge in [-0.2, -0.15) is 0 Å². The van der Waals surface area contributed by atoms with Crippen molar-refractivity contribution in [1.82, 2.24) is 0 Å². The zero-order valence-electron chi connectivity index (χ0n) is 32.4. The fourth-order valence-electron chi connectivity index (χ4n) is 4.21. The largest absolute Gasteiger partial charge is 0.332 e. The molecule has 0 aromatic heterocycles. The highest BCUT2D eigenvalue weighted by atomic mass is 35.6. The van der Waals surface area contributed by atoms with Crippen LogP contribution in [0.2, 0.25) is 0 Å². The van der Waals surface area contributed by atoms with Gasteiger partial charge < -0.3 is 13.6 Å². The Morgan fingerprint density at radius 1 is 0.457 bits per heavy atom. The summed E-state index contributed by atoms with van der Waals surface area (Å²) in [6.45, 7) is 30.5. The highest BCUT2D eigenvalue weighted by molar-refractivity contribution is 7.41. The summed E-state index contributed by atoms with van der Waals surface area (Å²) in [5.41, 5.74) is 0. The Labute approximate surface area is 320 Å². The van der Waals surface area contributed by atoms with Gasteiger partial charge in [0.15, 0.2) is 0 Å². The van der Waals surface area contributed by atoms with E-state index >= 15 is 0 Å². The Hall–Kier alpha value is 2.05. The third-order valence-electron chi connectivity index (χ3n) is 6.61. The number of halogens is 6. The summed E-state index contributed by atoms with van der Waals surface area (Å²) >= 11 is 34.4. The summed E-state index contributed by atoms with van der Waals surface area (Å²) in [4.78, 5) is 0. The van der Waals surface area contributed by atoms with Gasteiger partial charge in [-0.25, -0.2) is 0 Å². The van der Waals surface area contributed by atoms with Gasteiger partial charge in [0.2, 0.25) is 7.59 Å². The van der Waals surface area contributed by atoms with Gasteiger partial charge in [0.1, 0.15) is 13.2 Å². The Morgan fingerprint density at radius 3 is 1.02 bits per heavy atom. The van der Waals surface area contributed by atoms with E-state index in [2.05, 4.69) is 55.4 Å². The van der Waals surface area contributed by atoms with E-state index in [1.54, 1.807) is 0 Å². The van der Waals surface area contributed by atoms with Crippen LogP contribution in [0, 0.1) is 29.6 Å². The zero-order chi connectivity index (χ0) is 37.2. The molecule has 0 amide bonds. The minimum Gasteiger partial charge on any atom is -0.312 e. The van der Waals surface area contributed by atoms with Crippen molar-refractivity contribution in [2.24, 2.45) is 29.6 Å². The number of hydrogen-bond acceptors (Lipinski definition) is 3. The van der Waals surface area contributed by atoms with Gasteiger partial charge in [-0.05, 0) is 36.0 Å². The van der Waals surface area contributed by atoms with Gasteiger partial charge in [-0.3, -0.25) is 0 Å². The van der Waals surface area contributed by atoms with Crippen LogP contribution in [0.3, 0.4) is 0 Å². The maximum Gasteiger partial charge on any atom is 0.332 e. The molecule has 0 saturated carbocycles. The van der Waals surface area contributed by atoms with E-state index in [1.165, 1.54) is 70.6 Å². The second-order valence-corrected chi connectivity index (χ2v) is 18.6. The Kier molecular flexibility index (Phi) is 49.7. The molecule has 0 N–H and O–H groups in total.